The summed E-state index contributed by atoms with van der Waals surface area (Å²) < 4.78 is 0. The van der Waals surface area contributed by atoms with Gasteiger partial charge in [0.2, 0.25) is 0 Å². The molecule has 1 atom stereocenters. The molecule has 0 saturated carbocycles. The number of halogens is 2. The lowest BCUT2D eigenvalue weighted by Gasteiger charge is -2.19. The van der Waals surface area contributed by atoms with Gasteiger partial charge >= 0.3 is 0 Å². The molecule has 0 saturated heterocycles. The second-order valence-electron chi connectivity index (χ2n) is 4.39. The zero-order chi connectivity index (χ0) is 14.5. The number of terminal acetylenes is 1. The summed E-state index contributed by atoms with van der Waals surface area (Å²) in [5.74, 6) is 2.64. The average Bonchev–Trinajstić information content (AvgIpc) is 2.46. The SMILES string of the molecule is C#CCC(C(=C)c1cccnc1)c1ccc(Cl)cc1Cl. The van der Waals surface area contributed by atoms with Crippen LogP contribution in [0.2, 0.25) is 10.0 Å². The highest BCUT2D eigenvalue weighted by Crippen LogP contribution is 2.37. The van der Waals surface area contributed by atoms with E-state index >= 15 is 0 Å². The van der Waals surface area contributed by atoms with Crippen LogP contribution < -0.4 is 0 Å². The maximum Gasteiger partial charge on any atom is 0.0459 e. The number of pyridine rings is 1. The van der Waals surface area contributed by atoms with Crippen LogP contribution in [0.4, 0.5) is 0 Å². The average molecular weight is 302 g/mol. The van der Waals surface area contributed by atoms with Crippen molar-refractivity contribution in [1.82, 2.24) is 4.98 Å². The van der Waals surface area contributed by atoms with Gasteiger partial charge in [0.15, 0.2) is 0 Å². The summed E-state index contributed by atoms with van der Waals surface area (Å²) in [4.78, 5) is 4.11. The van der Waals surface area contributed by atoms with E-state index in [1.165, 1.54) is 0 Å². The van der Waals surface area contributed by atoms with Crippen molar-refractivity contribution in [3.8, 4) is 12.3 Å². The molecule has 1 aromatic heterocycles. The largest absolute Gasteiger partial charge is 0.264 e. The molecule has 2 aromatic rings. The highest BCUT2D eigenvalue weighted by atomic mass is 35.5. The molecule has 0 bridgehead atoms. The van der Waals surface area contributed by atoms with E-state index in [0.717, 1.165) is 16.7 Å². The molecule has 0 aliphatic heterocycles. The normalized spacial score (nSPS) is 11.7. The van der Waals surface area contributed by atoms with E-state index in [1.807, 2.05) is 24.3 Å². The molecule has 0 fully saturated rings. The van der Waals surface area contributed by atoms with Gasteiger partial charge in [-0.3, -0.25) is 4.98 Å². The quantitative estimate of drug-likeness (QED) is 0.707. The molecule has 0 aliphatic carbocycles. The van der Waals surface area contributed by atoms with Gasteiger partial charge in [0.05, 0.1) is 0 Å². The van der Waals surface area contributed by atoms with Crippen LogP contribution in [0.15, 0.2) is 49.3 Å². The van der Waals surface area contributed by atoms with E-state index in [1.54, 1.807) is 18.5 Å². The minimum atomic E-state index is -0.0473. The number of rotatable bonds is 4. The number of allylic oxidation sites excluding steroid dienone is 1. The van der Waals surface area contributed by atoms with Crippen molar-refractivity contribution < 1.29 is 0 Å². The van der Waals surface area contributed by atoms with Gasteiger partial charge in [-0.25, -0.2) is 0 Å². The van der Waals surface area contributed by atoms with Gasteiger partial charge in [-0.15, -0.1) is 12.3 Å². The first-order chi connectivity index (χ1) is 9.63. The summed E-state index contributed by atoms with van der Waals surface area (Å²) >= 11 is 12.2. The molecule has 100 valence electrons. The van der Waals surface area contributed by atoms with Crippen LogP contribution in [0, 0.1) is 12.3 Å². The topological polar surface area (TPSA) is 12.9 Å². The predicted molar refractivity (Wildman–Crippen MR) is 85.9 cm³/mol. The summed E-state index contributed by atoms with van der Waals surface area (Å²) in [7, 11) is 0. The van der Waals surface area contributed by atoms with Crippen molar-refractivity contribution in [2.75, 3.05) is 0 Å². The monoisotopic (exact) mass is 301 g/mol. The Morgan fingerprint density at radius 1 is 1.35 bits per heavy atom. The molecule has 1 aromatic carbocycles. The summed E-state index contributed by atoms with van der Waals surface area (Å²) in [6.45, 7) is 4.16. The van der Waals surface area contributed by atoms with Crippen LogP contribution in [0.25, 0.3) is 5.57 Å². The van der Waals surface area contributed by atoms with Crippen molar-refractivity contribution in [3.63, 3.8) is 0 Å². The van der Waals surface area contributed by atoms with Gasteiger partial charge in [0.25, 0.3) is 0 Å². The van der Waals surface area contributed by atoms with E-state index in [9.17, 15) is 0 Å². The molecule has 0 spiro atoms. The first-order valence-electron chi connectivity index (χ1n) is 6.11. The minimum absolute atomic E-state index is 0.0473. The summed E-state index contributed by atoms with van der Waals surface area (Å²) in [6.07, 6.45) is 9.51. The first-order valence-corrected chi connectivity index (χ1v) is 6.86. The Kier molecular flexibility index (Phi) is 4.84. The van der Waals surface area contributed by atoms with Crippen LogP contribution in [-0.4, -0.2) is 4.98 Å². The lowest BCUT2D eigenvalue weighted by molar-refractivity contribution is 0.904. The van der Waals surface area contributed by atoms with Gasteiger partial charge in [-0.05, 0) is 34.9 Å². The molecule has 0 aliphatic rings. The second kappa shape index (κ2) is 6.61. The van der Waals surface area contributed by atoms with Crippen LogP contribution in [-0.2, 0) is 0 Å². The van der Waals surface area contributed by atoms with Crippen molar-refractivity contribution in [2.45, 2.75) is 12.3 Å². The molecule has 0 N–H and O–H groups in total. The fourth-order valence-corrected chi connectivity index (χ4v) is 2.62. The van der Waals surface area contributed by atoms with Crippen LogP contribution in [0.3, 0.4) is 0 Å². The van der Waals surface area contributed by atoms with Crippen LogP contribution in [0.5, 0.6) is 0 Å². The Bertz CT molecular complexity index is 656. The molecule has 0 radical (unpaired) electrons. The van der Waals surface area contributed by atoms with E-state index in [4.69, 9.17) is 29.6 Å². The van der Waals surface area contributed by atoms with Crippen molar-refractivity contribution >= 4 is 28.8 Å². The Balaban J connectivity index is 2.41. The van der Waals surface area contributed by atoms with Crippen LogP contribution in [0.1, 0.15) is 23.5 Å². The molecule has 0 amide bonds. The van der Waals surface area contributed by atoms with E-state index in [-0.39, 0.29) is 5.92 Å². The Hall–Kier alpha value is -1.75. The molecular formula is C17H13Cl2N. The summed E-state index contributed by atoms with van der Waals surface area (Å²) in [6, 6.07) is 9.26. The molecule has 2 rings (SSSR count). The predicted octanol–water partition coefficient (Wildman–Crippen LogP) is 5.21. The summed E-state index contributed by atoms with van der Waals surface area (Å²) in [5, 5.41) is 1.20. The number of benzene rings is 1. The number of aromatic nitrogens is 1. The molecule has 1 heterocycles. The molecule has 1 unspecified atom stereocenters. The third-order valence-corrected chi connectivity index (χ3v) is 3.68. The first kappa shape index (κ1) is 14.7. The van der Waals surface area contributed by atoms with Gasteiger partial charge < -0.3 is 0 Å². The number of nitrogens with zero attached hydrogens (tertiary/aromatic N) is 1. The highest BCUT2D eigenvalue weighted by molar-refractivity contribution is 6.35. The van der Waals surface area contributed by atoms with Crippen molar-refractivity contribution in [3.05, 3.63) is 70.5 Å². The zero-order valence-electron chi connectivity index (χ0n) is 10.8. The van der Waals surface area contributed by atoms with E-state index in [2.05, 4.69) is 17.5 Å². The maximum absolute atomic E-state index is 6.28. The lowest BCUT2D eigenvalue weighted by Crippen LogP contribution is -2.02. The number of hydrogen-bond donors (Lipinski definition) is 0. The third kappa shape index (κ3) is 3.22. The van der Waals surface area contributed by atoms with Gasteiger partial charge in [0.1, 0.15) is 0 Å². The Morgan fingerprint density at radius 3 is 2.75 bits per heavy atom. The van der Waals surface area contributed by atoms with E-state index < -0.39 is 0 Å². The van der Waals surface area contributed by atoms with Gasteiger partial charge in [-0.1, -0.05) is 41.9 Å². The highest BCUT2D eigenvalue weighted by Gasteiger charge is 2.18. The van der Waals surface area contributed by atoms with Gasteiger partial charge in [0, 0.05) is 34.8 Å². The lowest BCUT2D eigenvalue weighted by atomic mass is 9.86. The maximum atomic E-state index is 6.28. The molecule has 20 heavy (non-hydrogen) atoms. The standard InChI is InChI=1S/C17H13Cl2N/c1-3-5-15(12(2)13-6-4-9-20-11-13)16-8-7-14(18)10-17(16)19/h1,4,6-11,15H,2,5H2. The van der Waals surface area contributed by atoms with E-state index in [0.29, 0.717) is 16.5 Å². The second-order valence-corrected chi connectivity index (χ2v) is 5.24. The third-order valence-electron chi connectivity index (χ3n) is 3.11. The summed E-state index contributed by atoms with van der Waals surface area (Å²) in [5.41, 5.74) is 2.79. The zero-order valence-corrected chi connectivity index (χ0v) is 12.3. The van der Waals surface area contributed by atoms with Gasteiger partial charge in [-0.2, -0.15) is 0 Å². The molecular weight excluding hydrogens is 289 g/mol. The van der Waals surface area contributed by atoms with Crippen molar-refractivity contribution in [2.24, 2.45) is 0 Å². The fourth-order valence-electron chi connectivity index (χ4n) is 2.08. The number of hydrogen-bond acceptors (Lipinski definition) is 1. The minimum Gasteiger partial charge on any atom is -0.264 e. The Morgan fingerprint density at radius 2 is 2.15 bits per heavy atom. The smallest absolute Gasteiger partial charge is 0.0459 e. The molecule has 1 nitrogen and oxygen atoms in total. The van der Waals surface area contributed by atoms with Crippen LogP contribution >= 0.6 is 23.2 Å². The Labute approximate surface area is 129 Å². The fraction of sp³-hybridized carbons (Fsp3) is 0.118. The van der Waals surface area contributed by atoms with Crippen molar-refractivity contribution in [1.29, 1.82) is 0 Å². The molecule has 3 heteroatoms.